The Morgan fingerprint density at radius 1 is 1.33 bits per heavy atom. The Morgan fingerprint density at radius 3 is 2.71 bits per heavy atom. The molecule has 1 heterocycles. The Kier molecular flexibility index (Phi) is 5.09. The highest BCUT2D eigenvalue weighted by Gasteiger charge is 2.43. The molecule has 1 atom stereocenters. The maximum Gasteiger partial charge on any atom is 0.328 e. The molecule has 1 saturated heterocycles. The van der Waals surface area contributed by atoms with Gasteiger partial charge in [0.1, 0.15) is 11.4 Å². The lowest BCUT2D eigenvalue weighted by atomic mass is 9.89. The van der Waals surface area contributed by atoms with Crippen LogP contribution in [-0.2, 0) is 10.3 Å². The second-order valence-corrected chi connectivity index (χ2v) is 6.03. The number of carbonyl (C=O) groups is 1. The molecule has 2 N–H and O–H groups in total. The van der Waals surface area contributed by atoms with E-state index in [-0.39, 0.29) is 15.6 Å². The zero-order valence-corrected chi connectivity index (χ0v) is 13.1. The maximum absolute atomic E-state index is 13.8. The van der Waals surface area contributed by atoms with Gasteiger partial charge in [-0.1, -0.05) is 23.2 Å². The van der Waals surface area contributed by atoms with Gasteiger partial charge in [0, 0.05) is 30.2 Å². The third-order valence-electron chi connectivity index (χ3n) is 3.92. The third kappa shape index (κ3) is 3.16. The van der Waals surface area contributed by atoms with Gasteiger partial charge in [0.2, 0.25) is 0 Å². The van der Waals surface area contributed by atoms with Gasteiger partial charge >= 0.3 is 5.97 Å². The van der Waals surface area contributed by atoms with Crippen LogP contribution in [0.2, 0.25) is 10.0 Å². The number of rotatable bonds is 3. The Balaban J connectivity index is 2.51. The van der Waals surface area contributed by atoms with Crippen molar-refractivity contribution in [1.29, 1.82) is 0 Å². The summed E-state index contributed by atoms with van der Waals surface area (Å²) in [6.07, 6.45) is 0.816. The van der Waals surface area contributed by atoms with Gasteiger partial charge in [0.25, 0.3) is 0 Å². The lowest BCUT2D eigenvalue weighted by Crippen LogP contribution is -2.51. The quantitative estimate of drug-likeness (QED) is 0.834. The van der Waals surface area contributed by atoms with Crippen LogP contribution in [0.15, 0.2) is 12.1 Å². The molecule has 1 aliphatic heterocycles. The molecular formula is C14H17Cl2FN2O2. The molecule has 116 valence electrons. The van der Waals surface area contributed by atoms with Crippen LogP contribution in [0.5, 0.6) is 0 Å². The van der Waals surface area contributed by atoms with Crippen LogP contribution >= 0.6 is 23.2 Å². The minimum atomic E-state index is -1.39. The molecule has 2 rings (SSSR count). The minimum Gasteiger partial charge on any atom is -0.480 e. The summed E-state index contributed by atoms with van der Waals surface area (Å²) in [5.41, 5.74) is -1.17. The Labute approximate surface area is 132 Å². The zero-order chi connectivity index (χ0) is 15.6. The Morgan fingerprint density at radius 2 is 2.05 bits per heavy atom. The highest BCUT2D eigenvalue weighted by atomic mass is 35.5. The van der Waals surface area contributed by atoms with Gasteiger partial charge in [-0.2, -0.15) is 0 Å². The Bertz CT molecular complexity index is 548. The fraction of sp³-hybridized carbons (Fsp3) is 0.500. The lowest BCUT2D eigenvalue weighted by Gasteiger charge is -2.38. The minimum absolute atomic E-state index is 0.117. The predicted octanol–water partition coefficient (Wildman–Crippen LogP) is 2.73. The summed E-state index contributed by atoms with van der Waals surface area (Å²) in [4.78, 5) is 13.7. The second kappa shape index (κ2) is 6.48. The monoisotopic (exact) mass is 334 g/mol. The normalized spacial score (nSPS) is 19.8. The van der Waals surface area contributed by atoms with Crippen LogP contribution in [0.3, 0.4) is 0 Å². The highest BCUT2D eigenvalue weighted by Crippen LogP contribution is 2.36. The van der Waals surface area contributed by atoms with Crippen LogP contribution < -0.4 is 5.32 Å². The number of aliphatic carboxylic acids is 1. The molecule has 0 aliphatic carbocycles. The molecule has 1 aliphatic rings. The molecular weight excluding hydrogens is 318 g/mol. The summed E-state index contributed by atoms with van der Waals surface area (Å²) in [7, 11) is 0. The summed E-state index contributed by atoms with van der Waals surface area (Å²) in [5.74, 6) is -1.73. The van der Waals surface area contributed by atoms with Crippen molar-refractivity contribution < 1.29 is 14.3 Å². The van der Waals surface area contributed by atoms with E-state index in [1.54, 1.807) is 6.92 Å². The van der Waals surface area contributed by atoms with Crippen molar-refractivity contribution in [3.8, 4) is 0 Å². The fourth-order valence-corrected chi connectivity index (χ4v) is 3.18. The van der Waals surface area contributed by atoms with E-state index < -0.39 is 17.3 Å². The van der Waals surface area contributed by atoms with E-state index in [4.69, 9.17) is 23.2 Å². The predicted molar refractivity (Wildman–Crippen MR) is 80.5 cm³/mol. The molecule has 1 unspecified atom stereocenters. The summed E-state index contributed by atoms with van der Waals surface area (Å²) in [5, 5.41) is 13.0. The van der Waals surface area contributed by atoms with Gasteiger partial charge in [0.15, 0.2) is 0 Å². The third-order valence-corrected chi connectivity index (χ3v) is 4.53. The average molecular weight is 335 g/mol. The van der Waals surface area contributed by atoms with Crippen LogP contribution in [0.25, 0.3) is 0 Å². The standard InChI is InChI=1S/C14H17Cl2FN2O2/c1-14(13(20)21,19-5-2-3-18-4-6-19)9-7-12(17)11(16)8-10(9)15/h7-8,18H,2-6H2,1H3,(H,20,21). The van der Waals surface area contributed by atoms with Crippen LogP contribution in [0, 0.1) is 5.82 Å². The van der Waals surface area contributed by atoms with E-state index in [9.17, 15) is 14.3 Å². The first-order valence-corrected chi connectivity index (χ1v) is 7.47. The van der Waals surface area contributed by atoms with Crippen molar-refractivity contribution in [2.24, 2.45) is 0 Å². The van der Waals surface area contributed by atoms with Gasteiger partial charge in [-0.05, 0) is 32.0 Å². The molecule has 0 aromatic heterocycles. The number of nitrogens with zero attached hydrogens (tertiary/aromatic N) is 1. The van der Waals surface area contributed by atoms with Crippen molar-refractivity contribution in [2.45, 2.75) is 18.9 Å². The van der Waals surface area contributed by atoms with Crippen molar-refractivity contribution >= 4 is 29.2 Å². The van der Waals surface area contributed by atoms with E-state index in [1.807, 2.05) is 4.90 Å². The molecule has 0 bridgehead atoms. The largest absolute Gasteiger partial charge is 0.480 e. The molecule has 1 aromatic rings. The van der Waals surface area contributed by atoms with Crippen molar-refractivity contribution in [3.63, 3.8) is 0 Å². The SMILES string of the molecule is CC(C(=O)O)(c1cc(F)c(Cl)cc1Cl)N1CCCNCC1. The molecule has 7 heteroatoms. The van der Waals surface area contributed by atoms with Gasteiger partial charge in [-0.25, -0.2) is 9.18 Å². The number of nitrogens with one attached hydrogen (secondary N) is 1. The molecule has 0 saturated carbocycles. The molecule has 4 nitrogen and oxygen atoms in total. The molecule has 0 spiro atoms. The first kappa shape index (κ1) is 16.5. The average Bonchev–Trinajstić information content (AvgIpc) is 2.71. The first-order chi connectivity index (χ1) is 9.87. The lowest BCUT2D eigenvalue weighted by molar-refractivity contribution is -0.151. The number of halogens is 3. The zero-order valence-electron chi connectivity index (χ0n) is 11.6. The number of carboxylic acid groups (broad SMARTS) is 1. The molecule has 1 fully saturated rings. The first-order valence-electron chi connectivity index (χ1n) is 6.71. The van der Waals surface area contributed by atoms with Crippen molar-refractivity contribution in [2.75, 3.05) is 26.2 Å². The summed E-state index contributed by atoms with van der Waals surface area (Å²) in [6.45, 7) is 4.19. The van der Waals surface area contributed by atoms with E-state index in [0.717, 1.165) is 19.0 Å². The van der Waals surface area contributed by atoms with Crippen molar-refractivity contribution in [3.05, 3.63) is 33.6 Å². The smallest absolute Gasteiger partial charge is 0.328 e. The fourth-order valence-electron chi connectivity index (χ4n) is 2.61. The highest BCUT2D eigenvalue weighted by molar-refractivity contribution is 6.35. The number of hydrogen-bond donors (Lipinski definition) is 2. The van der Waals surface area contributed by atoms with Crippen LogP contribution in [-0.4, -0.2) is 42.2 Å². The second-order valence-electron chi connectivity index (χ2n) is 5.21. The van der Waals surface area contributed by atoms with Crippen LogP contribution in [0.1, 0.15) is 18.9 Å². The summed E-state index contributed by atoms with van der Waals surface area (Å²) < 4.78 is 13.8. The Hall–Kier alpha value is -0.880. The van der Waals surface area contributed by atoms with E-state index in [1.165, 1.54) is 6.07 Å². The summed E-state index contributed by atoms with van der Waals surface area (Å²) >= 11 is 11.8. The van der Waals surface area contributed by atoms with Crippen molar-refractivity contribution in [1.82, 2.24) is 10.2 Å². The molecule has 0 amide bonds. The van der Waals surface area contributed by atoms with Gasteiger partial charge in [-0.15, -0.1) is 0 Å². The van der Waals surface area contributed by atoms with E-state index in [0.29, 0.717) is 19.6 Å². The van der Waals surface area contributed by atoms with E-state index in [2.05, 4.69) is 5.32 Å². The molecule has 0 radical (unpaired) electrons. The number of carboxylic acids is 1. The summed E-state index contributed by atoms with van der Waals surface area (Å²) in [6, 6.07) is 2.38. The number of hydrogen-bond acceptors (Lipinski definition) is 3. The maximum atomic E-state index is 13.8. The van der Waals surface area contributed by atoms with Gasteiger partial charge in [-0.3, -0.25) is 4.90 Å². The van der Waals surface area contributed by atoms with Gasteiger partial charge in [0.05, 0.1) is 5.02 Å². The number of benzene rings is 1. The molecule has 21 heavy (non-hydrogen) atoms. The van der Waals surface area contributed by atoms with Crippen LogP contribution in [0.4, 0.5) is 4.39 Å². The molecule has 1 aromatic carbocycles. The topological polar surface area (TPSA) is 52.6 Å². The van der Waals surface area contributed by atoms with E-state index >= 15 is 0 Å². The van der Waals surface area contributed by atoms with Gasteiger partial charge < -0.3 is 10.4 Å².